The van der Waals surface area contributed by atoms with Crippen molar-refractivity contribution < 1.29 is 0 Å². The van der Waals surface area contributed by atoms with Gasteiger partial charge in [0.2, 0.25) is 0 Å². The number of hydrogen-bond donors (Lipinski definition) is 0. The Kier molecular flexibility index (Phi) is 3.18. The summed E-state index contributed by atoms with van der Waals surface area (Å²) in [4.78, 5) is 4.59. The van der Waals surface area contributed by atoms with Crippen LogP contribution in [0.4, 0.5) is 0 Å². The van der Waals surface area contributed by atoms with E-state index >= 15 is 0 Å². The molecule has 18 heavy (non-hydrogen) atoms. The van der Waals surface area contributed by atoms with Gasteiger partial charge in [-0.25, -0.2) is 4.98 Å². The van der Waals surface area contributed by atoms with E-state index < -0.39 is 0 Å². The van der Waals surface area contributed by atoms with Gasteiger partial charge in [-0.3, -0.25) is 0 Å². The molecule has 3 rings (SSSR count). The van der Waals surface area contributed by atoms with Crippen LogP contribution in [-0.4, -0.2) is 9.38 Å². The molecule has 0 unspecified atom stereocenters. The zero-order chi connectivity index (χ0) is 12.7. The van der Waals surface area contributed by atoms with Crippen LogP contribution in [0.3, 0.4) is 0 Å². The predicted molar refractivity (Wildman–Crippen MR) is 81.0 cm³/mol. The molecule has 1 aromatic carbocycles. The molecular formula is C13H7Br2ClN2. The lowest BCUT2D eigenvalue weighted by atomic mass is 10.2. The van der Waals surface area contributed by atoms with E-state index in [9.17, 15) is 0 Å². The second-order valence-corrected chi connectivity index (χ2v) is 6.01. The highest BCUT2D eigenvalue weighted by atomic mass is 79.9. The first-order valence-electron chi connectivity index (χ1n) is 5.24. The minimum absolute atomic E-state index is 0.684. The smallest absolute Gasteiger partial charge is 0.151 e. The summed E-state index contributed by atoms with van der Waals surface area (Å²) in [5.41, 5.74) is 2.67. The standard InChI is InChI=1S/C13H7Br2ClN2/c14-8-3-4-9(11(16)6-8)12-7-18-5-1-2-10(15)13(18)17-12/h1-7H. The highest BCUT2D eigenvalue weighted by molar-refractivity contribution is 9.10. The van der Waals surface area contributed by atoms with Gasteiger partial charge in [-0.2, -0.15) is 0 Å². The van der Waals surface area contributed by atoms with Crippen molar-refractivity contribution in [1.29, 1.82) is 0 Å². The molecule has 0 radical (unpaired) electrons. The molecule has 0 atom stereocenters. The number of halogens is 3. The van der Waals surface area contributed by atoms with Crippen LogP contribution in [0.15, 0.2) is 51.7 Å². The molecule has 2 aromatic heterocycles. The number of fused-ring (bicyclic) bond motifs is 1. The van der Waals surface area contributed by atoms with E-state index in [0.717, 1.165) is 25.8 Å². The monoisotopic (exact) mass is 384 g/mol. The molecule has 0 N–H and O–H groups in total. The van der Waals surface area contributed by atoms with Gasteiger partial charge in [0.05, 0.1) is 15.2 Å². The number of nitrogens with zero attached hydrogens (tertiary/aromatic N) is 2. The first kappa shape index (κ1) is 12.2. The lowest BCUT2D eigenvalue weighted by molar-refractivity contribution is 1.18. The van der Waals surface area contributed by atoms with E-state index in [4.69, 9.17) is 11.6 Å². The van der Waals surface area contributed by atoms with Gasteiger partial charge in [0, 0.05) is 22.4 Å². The summed E-state index contributed by atoms with van der Waals surface area (Å²) in [7, 11) is 0. The quantitative estimate of drug-likeness (QED) is 0.563. The Hall–Kier alpha value is -0.840. The Balaban J connectivity index is 2.23. The molecule has 2 nitrogen and oxygen atoms in total. The summed E-state index contributed by atoms with van der Waals surface area (Å²) in [6.07, 6.45) is 3.93. The summed E-state index contributed by atoms with van der Waals surface area (Å²) < 4.78 is 3.89. The maximum absolute atomic E-state index is 6.24. The molecule has 0 saturated heterocycles. The van der Waals surface area contributed by atoms with Crippen molar-refractivity contribution in [2.24, 2.45) is 0 Å². The molecule has 2 heterocycles. The molecular weight excluding hydrogens is 379 g/mol. The Morgan fingerprint density at radius 2 is 2.00 bits per heavy atom. The molecule has 0 fully saturated rings. The third kappa shape index (κ3) is 2.09. The number of rotatable bonds is 1. The second kappa shape index (κ2) is 4.68. The third-order valence-corrected chi connectivity index (χ3v) is 4.07. The lowest BCUT2D eigenvalue weighted by Crippen LogP contribution is -1.81. The number of benzene rings is 1. The average Bonchev–Trinajstić information content (AvgIpc) is 2.74. The van der Waals surface area contributed by atoms with Gasteiger partial charge in [0.15, 0.2) is 5.65 Å². The maximum atomic E-state index is 6.24. The third-order valence-electron chi connectivity index (χ3n) is 2.64. The van der Waals surface area contributed by atoms with E-state index in [1.54, 1.807) is 0 Å². The van der Waals surface area contributed by atoms with E-state index in [2.05, 4.69) is 36.8 Å². The van der Waals surface area contributed by atoms with Gasteiger partial charge in [-0.15, -0.1) is 0 Å². The predicted octanol–water partition coefficient (Wildman–Crippen LogP) is 5.18. The fourth-order valence-electron chi connectivity index (χ4n) is 1.81. The topological polar surface area (TPSA) is 17.3 Å². The minimum Gasteiger partial charge on any atom is -0.306 e. The molecule has 5 heteroatoms. The van der Waals surface area contributed by atoms with Crippen molar-refractivity contribution in [1.82, 2.24) is 9.38 Å². The van der Waals surface area contributed by atoms with Gasteiger partial charge in [0.1, 0.15) is 0 Å². The van der Waals surface area contributed by atoms with Crippen LogP contribution in [0.2, 0.25) is 5.02 Å². The number of aromatic nitrogens is 2. The van der Waals surface area contributed by atoms with E-state index in [-0.39, 0.29) is 0 Å². The van der Waals surface area contributed by atoms with Gasteiger partial charge in [-0.05, 0) is 40.2 Å². The van der Waals surface area contributed by atoms with Gasteiger partial charge in [0.25, 0.3) is 0 Å². The van der Waals surface area contributed by atoms with Crippen LogP contribution >= 0.6 is 43.5 Å². The maximum Gasteiger partial charge on any atom is 0.151 e. The normalized spacial score (nSPS) is 11.1. The average molecular weight is 386 g/mol. The van der Waals surface area contributed by atoms with Crippen LogP contribution in [0, 0.1) is 0 Å². The highest BCUT2D eigenvalue weighted by Gasteiger charge is 2.09. The first-order valence-corrected chi connectivity index (χ1v) is 7.20. The highest BCUT2D eigenvalue weighted by Crippen LogP contribution is 2.31. The van der Waals surface area contributed by atoms with Crippen LogP contribution in [0.5, 0.6) is 0 Å². The Labute approximate surface area is 126 Å². The number of imidazole rings is 1. The second-order valence-electron chi connectivity index (χ2n) is 3.84. The number of pyridine rings is 1. The summed E-state index contributed by atoms with van der Waals surface area (Å²) in [5.74, 6) is 0. The Morgan fingerprint density at radius 1 is 1.17 bits per heavy atom. The van der Waals surface area contributed by atoms with Gasteiger partial charge < -0.3 is 4.40 Å². The Bertz CT molecular complexity index is 737. The lowest BCUT2D eigenvalue weighted by Gasteiger charge is -2.00. The SMILES string of the molecule is Clc1cc(Br)ccc1-c1cn2cccc(Br)c2n1. The fourth-order valence-corrected chi connectivity index (χ4v) is 3.02. The van der Waals surface area contributed by atoms with Crippen molar-refractivity contribution in [3.63, 3.8) is 0 Å². The van der Waals surface area contributed by atoms with Gasteiger partial charge >= 0.3 is 0 Å². The van der Waals surface area contributed by atoms with Crippen molar-refractivity contribution in [2.45, 2.75) is 0 Å². The van der Waals surface area contributed by atoms with Crippen LogP contribution < -0.4 is 0 Å². The van der Waals surface area contributed by atoms with Crippen molar-refractivity contribution in [2.75, 3.05) is 0 Å². The van der Waals surface area contributed by atoms with Crippen molar-refractivity contribution >= 4 is 49.1 Å². The summed E-state index contributed by atoms with van der Waals surface area (Å²) in [6.45, 7) is 0. The molecule has 90 valence electrons. The molecule has 0 aliphatic heterocycles. The summed E-state index contributed by atoms with van der Waals surface area (Å²) in [6, 6.07) is 9.72. The van der Waals surface area contributed by atoms with Crippen LogP contribution in [0.1, 0.15) is 0 Å². The molecule has 0 bridgehead atoms. The molecule has 0 aliphatic rings. The van der Waals surface area contributed by atoms with E-state index in [1.807, 2.05) is 47.1 Å². The van der Waals surface area contributed by atoms with E-state index in [0.29, 0.717) is 5.02 Å². The zero-order valence-corrected chi connectivity index (χ0v) is 13.0. The molecule has 0 spiro atoms. The number of hydrogen-bond acceptors (Lipinski definition) is 1. The van der Waals surface area contributed by atoms with Crippen LogP contribution in [0.25, 0.3) is 16.9 Å². The summed E-state index contributed by atoms with van der Waals surface area (Å²) >= 11 is 13.1. The van der Waals surface area contributed by atoms with Crippen LogP contribution in [-0.2, 0) is 0 Å². The minimum atomic E-state index is 0.684. The van der Waals surface area contributed by atoms with Gasteiger partial charge in [-0.1, -0.05) is 33.6 Å². The molecule has 0 saturated carbocycles. The summed E-state index contributed by atoms with van der Waals surface area (Å²) in [5, 5.41) is 0.684. The fraction of sp³-hybridized carbons (Fsp3) is 0. The van der Waals surface area contributed by atoms with Crippen molar-refractivity contribution in [3.05, 3.63) is 56.7 Å². The zero-order valence-electron chi connectivity index (χ0n) is 9.07. The largest absolute Gasteiger partial charge is 0.306 e. The van der Waals surface area contributed by atoms with E-state index in [1.165, 1.54) is 0 Å². The Morgan fingerprint density at radius 3 is 2.72 bits per heavy atom. The molecule has 0 amide bonds. The first-order chi connectivity index (χ1) is 8.65. The van der Waals surface area contributed by atoms with Crippen molar-refractivity contribution in [3.8, 4) is 11.3 Å². The molecule has 0 aliphatic carbocycles. The molecule has 3 aromatic rings.